The quantitative estimate of drug-likeness (QED) is 0.845. The maximum atomic E-state index is 5.55. The Morgan fingerprint density at radius 3 is 2.79 bits per heavy atom. The molecule has 3 nitrogen and oxygen atoms in total. The lowest BCUT2D eigenvalue weighted by Crippen LogP contribution is -1.90. The van der Waals surface area contributed by atoms with E-state index in [1.54, 1.807) is 24.7 Å². The summed E-state index contributed by atoms with van der Waals surface area (Å²) in [6, 6.07) is 5.64. The molecule has 2 N–H and O–H groups in total. The first kappa shape index (κ1) is 9.15. The van der Waals surface area contributed by atoms with E-state index in [9.17, 15) is 0 Å². The number of anilines is 1. The maximum Gasteiger partial charge on any atom is 0.124 e. The van der Waals surface area contributed by atoms with Crippen LogP contribution in [0.15, 0.2) is 41.3 Å². The fraction of sp³-hybridized carbons (Fsp3) is 0. The van der Waals surface area contributed by atoms with Gasteiger partial charge in [0.15, 0.2) is 0 Å². The van der Waals surface area contributed by atoms with Crippen molar-refractivity contribution in [1.82, 2.24) is 9.97 Å². The molecule has 0 fully saturated rings. The van der Waals surface area contributed by atoms with Crippen LogP contribution >= 0.6 is 15.9 Å². The number of hydrogen-bond acceptors (Lipinski definition) is 3. The van der Waals surface area contributed by atoms with Crippen LogP contribution in [0.1, 0.15) is 0 Å². The zero-order chi connectivity index (χ0) is 9.97. The molecule has 2 aromatic rings. The van der Waals surface area contributed by atoms with Crippen molar-refractivity contribution in [3.8, 4) is 11.1 Å². The Labute approximate surface area is 90.1 Å². The molecule has 0 aliphatic rings. The molecule has 0 saturated carbocycles. The molecule has 0 amide bonds. The van der Waals surface area contributed by atoms with E-state index in [0.29, 0.717) is 5.82 Å². The second-order valence-electron chi connectivity index (χ2n) is 2.83. The molecular weight excluding hydrogens is 242 g/mol. The van der Waals surface area contributed by atoms with Crippen LogP contribution in [0.3, 0.4) is 0 Å². The Morgan fingerprint density at radius 2 is 2.14 bits per heavy atom. The molecule has 0 bridgehead atoms. The molecule has 0 aliphatic heterocycles. The molecular formula is C10H8BrN3. The van der Waals surface area contributed by atoms with Crippen LogP contribution in [0, 0.1) is 0 Å². The van der Waals surface area contributed by atoms with Crippen molar-refractivity contribution in [2.24, 2.45) is 0 Å². The summed E-state index contributed by atoms with van der Waals surface area (Å²) in [5.74, 6) is 0.504. The van der Waals surface area contributed by atoms with Gasteiger partial charge in [0.25, 0.3) is 0 Å². The molecule has 70 valence electrons. The van der Waals surface area contributed by atoms with Crippen molar-refractivity contribution in [3.63, 3.8) is 0 Å². The first-order valence-electron chi connectivity index (χ1n) is 4.09. The van der Waals surface area contributed by atoms with E-state index in [1.165, 1.54) is 0 Å². The van der Waals surface area contributed by atoms with Crippen LogP contribution in [0.2, 0.25) is 0 Å². The van der Waals surface area contributed by atoms with Crippen LogP contribution in [0.5, 0.6) is 0 Å². The second kappa shape index (κ2) is 3.75. The summed E-state index contributed by atoms with van der Waals surface area (Å²) in [4.78, 5) is 8.08. The van der Waals surface area contributed by atoms with Gasteiger partial charge in [0.05, 0.1) is 0 Å². The first-order valence-corrected chi connectivity index (χ1v) is 4.88. The van der Waals surface area contributed by atoms with Gasteiger partial charge >= 0.3 is 0 Å². The van der Waals surface area contributed by atoms with Gasteiger partial charge in [0.1, 0.15) is 5.82 Å². The topological polar surface area (TPSA) is 51.8 Å². The number of rotatable bonds is 1. The van der Waals surface area contributed by atoms with Crippen LogP contribution < -0.4 is 5.73 Å². The Balaban J connectivity index is 2.53. The summed E-state index contributed by atoms with van der Waals surface area (Å²) in [5.41, 5.74) is 7.56. The van der Waals surface area contributed by atoms with Crippen molar-refractivity contribution in [3.05, 3.63) is 41.3 Å². The average molecular weight is 250 g/mol. The average Bonchev–Trinajstić information content (AvgIpc) is 2.19. The number of nitrogens with two attached hydrogens (primary N) is 1. The van der Waals surface area contributed by atoms with E-state index in [0.717, 1.165) is 15.6 Å². The smallest absolute Gasteiger partial charge is 0.124 e. The van der Waals surface area contributed by atoms with Gasteiger partial charge in [-0.1, -0.05) is 6.07 Å². The number of halogens is 1. The van der Waals surface area contributed by atoms with Crippen molar-refractivity contribution >= 4 is 21.7 Å². The highest BCUT2D eigenvalue weighted by Gasteiger charge is 2.03. The molecule has 0 aliphatic carbocycles. The van der Waals surface area contributed by atoms with Crippen LogP contribution in [0.25, 0.3) is 11.1 Å². The number of nitrogen functional groups attached to an aromatic ring is 1. The summed E-state index contributed by atoms with van der Waals surface area (Å²) in [7, 11) is 0. The normalized spacial score (nSPS) is 10.1. The Kier molecular flexibility index (Phi) is 2.45. The highest BCUT2D eigenvalue weighted by Crippen LogP contribution is 2.27. The van der Waals surface area contributed by atoms with Gasteiger partial charge in [-0.3, -0.25) is 4.98 Å². The molecule has 14 heavy (non-hydrogen) atoms. The minimum atomic E-state index is 0.504. The molecule has 2 rings (SSSR count). The third-order valence-corrected chi connectivity index (χ3v) is 2.50. The number of pyridine rings is 2. The van der Waals surface area contributed by atoms with Gasteiger partial charge in [0.2, 0.25) is 0 Å². The summed E-state index contributed by atoms with van der Waals surface area (Å²) in [6.45, 7) is 0. The summed E-state index contributed by atoms with van der Waals surface area (Å²) >= 11 is 3.44. The zero-order valence-electron chi connectivity index (χ0n) is 7.31. The molecule has 0 saturated heterocycles. The van der Waals surface area contributed by atoms with Crippen molar-refractivity contribution in [2.75, 3.05) is 5.73 Å². The van der Waals surface area contributed by atoms with Crippen molar-refractivity contribution < 1.29 is 0 Å². The number of aromatic nitrogens is 2. The lowest BCUT2D eigenvalue weighted by atomic mass is 10.1. The minimum absolute atomic E-state index is 0.504. The zero-order valence-corrected chi connectivity index (χ0v) is 8.90. The lowest BCUT2D eigenvalue weighted by Gasteiger charge is -2.03. The fourth-order valence-electron chi connectivity index (χ4n) is 1.18. The molecule has 4 heteroatoms. The van der Waals surface area contributed by atoms with E-state index in [-0.39, 0.29) is 0 Å². The predicted octanol–water partition coefficient (Wildman–Crippen LogP) is 2.49. The Morgan fingerprint density at radius 1 is 1.29 bits per heavy atom. The minimum Gasteiger partial charge on any atom is -0.384 e. The highest BCUT2D eigenvalue weighted by atomic mass is 79.9. The van der Waals surface area contributed by atoms with Crippen LogP contribution in [0.4, 0.5) is 5.82 Å². The summed E-state index contributed by atoms with van der Waals surface area (Å²) in [5, 5.41) is 0. The molecule has 0 spiro atoms. The van der Waals surface area contributed by atoms with E-state index in [4.69, 9.17) is 5.73 Å². The van der Waals surface area contributed by atoms with E-state index in [2.05, 4.69) is 25.9 Å². The van der Waals surface area contributed by atoms with Gasteiger partial charge < -0.3 is 5.73 Å². The van der Waals surface area contributed by atoms with Crippen molar-refractivity contribution in [1.29, 1.82) is 0 Å². The SMILES string of the molecule is Nc1cc(Br)c(-c2cccnc2)cn1. The maximum absolute atomic E-state index is 5.55. The van der Waals surface area contributed by atoms with E-state index in [1.807, 2.05) is 12.1 Å². The van der Waals surface area contributed by atoms with Crippen molar-refractivity contribution in [2.45, 2.75) is 0 Å². The van der Waals surface area contributed by atoms with Gasteiger partial charge in [-0.25, -0.2) is 4.98 Å². The summed E-state index contributed by atoms with van der Waals surface area (Å²) in [6.07, 6.45) is 5.26. The van der Waals surface area contributed by atoms with Crippen LogP contribution in [-0.2, 0) is 0 Å². The standard InChI is InChI=1S/C10H8BrN3/c11-9-4-10(12)14-6-8(9)7-2-1-3-13-5-7/h1-6H,(H2,12,14). The Bertz CT molecular complexity index is 442. The van der Waals surface area contributed by atoms with Gasteiger partial charge in [-0.05, 0) is 28.1 Å². The molecule has 0 unspecified atom stereocenters. The van der Waals surface area contributed by atoms with Gasteiger partial charge in [-0.2, -0.15) is 0 Å². The monoisotopic (exact) mass is 249 g/mol. The lowest BCUT2D eigenvalue weighted by molar-refractivity contribution is 1.29. The van der Waals surface area contributed by atoms with Gasteiger partial charge in [0, 0.05) is 34.2 Å². The molecule has 2 heterocycles. The molecule has 0 aromatic carbocycles. The van der Waals surface area contributed by atoms with Crippen LogP contribution in [-0.4, -0.2) is 9.97 Å². The third-order valence-electron chi connectivity index (χ3n) is 1.85. The van der Waals surface area contributed by atoms with E-state index >= 15 is 0 Å². The third kappa shape index (κ3) is 1.75. The number of hydrogen-bond donors (Lipinski definition) is 1. The molecule has 2 aromatic heterocycles. The van der Waals surface area contributed by atoms with E-state index < -0.39 is 0 Å². The largest absolute Gasteiger partial charge is 0.384 e. The van der Waals surface area contributed by atoms with Gasteiger partial charge in [-0.15, -0.1) is 0 Å². The second-order valence-corrected chi connectivity index (χ2v) is 3.69. The summed E-state index contributed by atoms with van der Waals surface area (Å²) < 4.78 is 0.929. The highest BCUT2D eigenvalue weighted by molar-refractivity contribution is 9.10. The number of nitrogens with zero attached hydrogens (tertiary/aromatic N) is 2. The fourth-order valence-corrected chi connectivity index (χ4v) is 1.75. The predicted molar refractivity (Wildman–Crippen MR) is 59.6 cm³/mol. The first-order chi connectivity index (χ1) is 6.77. The Hall–Kier alpha value is -1.42. The molecule has 0 atom stereocenters. The molecule has 0 radical (unpaired) electrons.